The first-order chi connectivity index (χ1) is 12.5. The molecule has 3 N–H and O–H groups in total. The van der Waals surface area contributed by atoms with Crippen LogP contribution in [0.3, 0.4) is 0 Å². The maximum absolute atomic E-state index is 12.1. The van der Waals surface area contributed by atoms with Crippen LogP contribution in [0.2, 0.25) is 10.0 Å². The zero-order valence-corrected chi connectivity index (χ0v) is 16.0. The first-order valence-corrected chi connectivity index (χ1v) is 9.13. The summed E-state index contributed by atoms with van der Waals surface area (Å²) < 4.78 is 0. The monoisotopic (exact) mass is 393 g/mol. The van der Waals surface area contributed by atoms with E-state index in [1.807, 2.05) is 0 Å². The van der Waals surface area contributed by atoms with Gasteiger partial charge in [-0.15, -0.1) is 0 Å². The smallest absolute Gasteiger partial charge is 0.251 e. The molecular weight excluding hydrogens is 373 g/mol. The predicted molar refractivity (Wildman–Crippen MR) is 107 cm³/mol. The van der Waals surface area contributed by atoms with Gasteiger partial charge in [0.2, 0.25) is 5.91 Å². The van der Waals surface area contributed by atoms with E-state index in [9.17, 15) is 9.59 Å². The Morgan fingerprint density at radius 1 is 1.08 bits per heavy atom. The van der Waals surface area contributed by atoms with Crippen LogP contribution in [0.5, 0.6) is 0 Å². The van der Waals surface area contributed by atoms with Crippen LogP contribution in [0, 0.1) is 0 Å². The van der Waals surface area contributed by atoms with Crippen molar-refractivity contribution in [2.45, 2.75) is 19.8 Å². The van der Waals surface area contributed by atoms with Gasteiger partial charge in [-0.05, 0) is 36.8 Å². The van der Waals surface area contributed by atoms with Gasteiger partial charge in [0.15, 0.2) is 0 Å². The van der Waals surface area contributed by atoms with Crippen LogP contribution in [0.1, 0.15) is 30.1 Å². The Hall–Kier alpha value is -2.24. The molecule has 26 heavy (non-hydrogen) atoms. The summed E-state index contributed by atoms with van der Waals surface area (Å²) in [5.41, 5.74) is 1.68. The van der Waals surface area contributed by atoms with E-state index in [0.717, 1.165) is 12.8 Å². The average Bonchev–Trinajstić information content (AvgIpc) is 2.64. The Kier molecular flexibility index (Phi) is 7.75. The summed E-state index contributed by atoms with van der Waals surface area (Å²) in [6, 6.07) is 12.0. The number of nitrogens with one attached hydrogen (secondary N) is 3. The molecule has 2 aromatic carbocycles. The number of anilines is 2. The number of amides is 2. The molecule has 0 aliphatic rings. The highest BCUT2D eigenvalue weighted by atomic mass is 35.5. The second-order valence-corrected chi connectivity index (χ2v) is 6.48. The number of carbonyl (C=O) groups is 2. The van der Waals surface area contributed by atoms with E-state index in [2.05, 4.69) is 22.9 Å². The highest BCUT2D eigenvalue weighted by Crippen LogP contribution is 2.29. The quantitative estimate of drug-likeness (QED) is 0.575. The molecule has 0 heterocycles. The molecule has 0 unspecified atom stereocenters. The van der Waals surface area contributed by atoms with E-state index in [0.29, 0.717) is 33.5 Å². The zero-order chi connectivity index (χ0) is 18.9. The van der Waals surface area contributed by atoms with Gasteiger partial charge in [-0.3, -0.25) is 9.59 Å². The minimum Gasteiger partial charge on any atom is -0.376 e. The van der Waals surface area contributed by atoms with Gasteiger partial charge in [-0.25, -0.2) is 0 Å². The molecule has 0 aromatic heterocycles. The van der Waals surface area contributed by atoms with Crippen molar-refractivity contribution in [3.05, 3.63) is 58.1 Å². The van der Waals surface area contributed by atoms with Crippen LogP contribution in [0.25, 0.3) is 0 Å². The zero-order valence-electron chi connectivity index (χ0n) is 14.4. The van der Waals surface area contributed by atoms with Gasteiger partial charge in [0, 0.05) is 17.8 Å². The van der Waals surface area contributed by atoms with Gasteiger partial charge in [0.1, 0.15) is 0 Å². The molecule has 2 aromatic rings. The van der Waals surface area contributed by atoms with Gasteiger partial charge in [-0.2, -0.15) is 0 Å². The van der Waals surface area contributed by atoms with E-state index >= 15 is 0 Å². The summed E-state index contributed by atoms with van der Waals surface area (Å²) in [6.45, 7) is 2.75. The Morgan fingerprint density at radius 2 is 1.85 bits per heavy atom. The summed E-state index contributed by atoms with van der Waals surface area (Å²) in [4.78, 5) is 24.2. The molecule has 2 rings (SSSR count). The number of hydrogen-bond acceptors (Lipinski definition) is 3. The van der Waals surface area contributed by atoms with Crippen molar-refractivity contribution in [1.82, 2.24) is 5.32 Å². The third kappa shape index (κ3) is 5.93. The molecule has 138 valence electrons. The van der Waals surface area contributed by atoms with Crippen LogP contribution in [-0.4, -0.2) is 24.9 Å². The summed E-state index contributed by atoms with van der Waals surface area (Å²) in [6.07, 6.45) is 1.96. The van der Waals surface area contributed by atoms with Crippen molar-refractivity contribution < 1.29 is 9.59 Å². The standard InChI is InChI=1S/C19H21Cl2N3O2/c1-2-3-10-22-19(26)13-6-4-7-14(11-13)23-12-17(25)24-16-9-5-8-15(20)18(16)21/h4-9,11,23H,2-3,10,12H2,1H3,(H,22,26)(H,24,25). The van der Waals surface area contributed by atoms with Gasteiger partial charge in [-0.1, -0.05) is 48.7 Å². The number of unbranched alkanes of at least 4 members (excludes halogenated alkanes) is 1. The second-order valence-electron chi connectivity index (χ2n) is 5.69. The van der Waals surface area contributed by atoms with Crippen LogP contribution < -0.4 is 16.0 Å². The number of halogens is 2. The normalized spacial score (nSPS) is 10.3. The van der Waals surface area contributed by atoms with Crippen molar-refractivity contribution in [2.75, 3.05) is 23.7 Å². The van der Waals surface area contributed by atoms with Crippen molar-refractivity contribution in [2.24, 2.45) is 0 Å². The van der Waals surface area contributed by atoms with Crippen molar-refractivity contribution in [1.29, 1.82) is 0 Å². The van der Waals surface area contributed by atoms with Crippen LogP contribution >= 0.6 is 23.2 Å². The fraction of sp³-hybridized carbons (Fsp3) is 0.263. The third-order valence-electron chi connectivity index (χ3n) is 3.62. The van der Waals surface area contributed by atoms with Gasteiger partial charge in [0.05, 0.1) is 22.3 Å². The minimum atomic E-state index is -0.271. The third-order valence-corrected chi connectivity index (χ3v) is 4.44. The number of carbonyl (C=O) groups excluding carboxylic acids is 2. The second kappa shape index (κ2) is 10.0. The molecule has 7 heteroatoms. The molecule has 2 amide bonds. The van der Waals surface area contributed by atoms with E-state index in [1.54, 1.807) is 42.5 Å². The SMILES string of the molecule is CCCCNC(=O)c1cccc(NCC(=O)Nc2cccc(Cl)c2Cl)c1. The van der Waals surface area contributed by atoms with Gasteiger partial charge >= 0.3 is 0 Å². The van der Waals surface area contributed by atoms with Gasteiger partial charge < -0.3 is 16.0 Å². The first kappa shape index (κ1) is 20.1. The van der Waals surface area contributed by atoms with E-state index in [4.69, 9.17) is 23.2 Å². The van der Waals surface area contributed by atoms with Crippen molar-refractivity contribution >= 4 is 46.4 Å². The van der Waals surface area contributed by atoms with E-state index in [-0.39, 0.29) is 18.4 Å². The van der Waals surface area contributed by atoms with E-state index < -0.39 is 0 Å². The lowest BCUT2D eigenvalue weighted by Gasteiger charge is -2.11. The highest BCUT2D eigenvalue weighted by molar-refractivity contribution is 6.44. The number of rotatable bonds is 8. The van der Waals surface area contributed by atoms with Crippen LogP contribution in [0.15, 0.2) is 42.5 Å². The van der Waals surface area contributed by atoms with Gasteiger partial charge in [0.25, 0.3) is 5.91 Å². The Morgan fingerprint density at radius 3 is 2.62 bits per heavy atom. The number of benzene rings is 2. The molecule has 5 nitrogen and oxygen atoms in total. The largest absolute Gasteiger partial charge is 0.376 e. The van der Waals surface area contributed by atoms with E-state index in [1.165, 1.54) is 0 Å². The molecule has 0 aliphatic carbocycles. The summed E-state index contributed by atoms with van der Waals surface area (Å²) in [5, 5.41) is 9.23. The maximum Gasteiger partial charge on any atom is 0.251 e. The lowest BCUT2D eigenvalue weighted by Crippen LogP contribution is -2.25. The first-order valence-electron chi connectivity index (χ1n) is 8.37. The topological polar surface area (TPSA) is 70.2 Å². The average molecular weight is 394 g/mol. The maximum atomic E-state index is 12.1. The number of hydrogen-bond donors (Lipinski definition) is 3. The van der Waals surface area contributed by atoms with Crippen LogP contribution in [-0.2, 0) is 4.79 Å². The Bertz CT molecular complexity index is 781. The Labute approximate surface area is 163 Å². The minimum absolute atomic E-state index is 0.0315. The molecule has 0 radical (unpaired) electrons. The summed E-state index contributed by atoms with van der Waals surface area (Å²) in [7, 11) is 0. The van der Waals surface area contributed by atoms with Crippen LogP contribution in [0.4, 0.5) is 11.4 Å². The fourth-order valence-corrected chi connectivity index (χ4v) is 2.58. The molecule has 0 fully saturated rings. The lowest BCUT2D eigenvalue weighted by molar-refractivity contribution is -0.114. The lowest BCUT2D eigenvalue weighted by atomic mass is 10.2. The molecule has 0 bridgehead atoms. The highest BCUT2D eigenvalue weighted by Gasteiger charge is 2.09. The fourth-order valence-electron chi connectivity index (χ4n) is 2.23. The molecule has 0 saturated heterocycles. The molecule has 0 saturated carbocycles. The summed E-state index contributed by atoms with van der Waals surface area (Å²) >= 11 is 12.0. The Balaban J connectivity index is 1.90. The van der Waals surface area contributed by atoms with Crippen molar-refractivity contribution in [3.8, 4) is 0 Å². The van der Waals surface area contributed by atoms with Crippen molar-refractivity contribution in [3.63, 3.8) is 0 Å². The molecule has 0 spiro atoms. The predicted octanol–water partition coefficient (Wildman–Crippen LogP) is 4.57. The molecule has 0 atom stereocenters. The molecular formula is C19H21Cl2N3O2. The molecule has 0 aliphatic heterocycles. The summed E-state index contributed by atoms with van der Waals surface area (Å²) in [5.74, 6) is -0.399.